The molecule has 2 nitrogen and oxygen atoms in total. The van der Waals surface area contributed by atoms with Crippen molar-refractivity contribution in [2.75, 3.05) is 13.2 Å². The van der Waals surface area contributed by atoms with Gasteiger partial charge < -0.3 is 9.53 Å². The van der Waals surface area contributed by atoms with Gasteiger partial charge in [0.2, 0.25) is 0 Å². The van der Waals surface area contributed by atoms with Crippen molar-refractivity contribution in [1.82, 2.24) is 0 Å². The predicted molar refractivity (Wildman–Crippen MR) is 141 cm³/mol. The zero-order chi connectivity index (χ0) is 23.5. The Labute approximate surface area is 196 Å². The zero-order valence-corrected chi connectivity index (χ0v) is 21.1. The predicted octanol–water partition coefficient (Wildman–Crippen LogP) is 6.03. The average Bonchev–Trinajstić information content (AvgIpc) is 2.81. The second-order valence-corrected chi connectivity index (χ2v) is 13.8. The molecular weight excluding hydrogens is 408 g/mol. The number of hydrogen-bond donors (Lipinski definition) is 1. The molecule has 0 spiro atoms. The minimum Gasteiger partial charge on any atom is -0.407 e. The van der Waals surface area contributed by atoms with Gasteiger partial charge in [0.15, 0.2) is 0 Å². The normalized spacial score (nSPS) is 12.8. The zero-order valence-electron chi connectivity index (χ0n) is 20.1. The van der Waals surface area contributed by atoms with Crippen LogP contribution in [-0.4, -0.2) is 26.6 Å². The molecule has 0 aliphatic rings. The highest BCUT2D eigenvalue weighted by molar-refractivity contribution is 6.99. The van der Waals surface area contributed by atoms with Crippen LogP contribution in [0.3, 0.4) is 0 Å². The summed E-state index contributed by atoms with van der Waals surface area (Å²) in [6.45, 7) is 15.9. The third-order valence-electron chi connectivity index (χ3n) is 6.38. The highest BCUT2D eigenvalue weighted by Crippen LogP contribution is 2.38. The molecule has 2 aromatic carbocycles. The fourth-order valence-electron chi connectivity index (χ4n) is 4.55. The Morgan fingerprint density at radius 1 is 0.844 bits per heavy atom. The Morgan fingerprint density at radius 3 is 1.81 bits per heavy atom. The lowest BCUT2D eigenvalue weighted by molar-refractivity contribution is 0.266. The molecule has 0 bridgehead atoms. The minimum absolute atomic E-state index is 0.0151. The maximum atomic E-state index is 8.97. The first-order chi connectivity index (χ1) is 15.3. The van der Waals surface area contributed by atoms with E-state index in [4.69, 9.17) is 9.53 Å². The molecule has 0 unspecified atom stereocenters. The lowest BCUT2D eigenvalue weighted by Crippen LogP contribution is -2.66. The van der Waals surface area contributed by atoms with Gasteiger partial charge in [0.1, 0.15) is 0 Å². The van der Waals surface area contributed by atoms with Gasteiger partial charge in [-0.2, -0.15) is 0 Å². The summed E-state index contributed by atoms with van der Waals surface area (Å²) >= 11 is 0. The summed E-state index contributed by atoms with van der Waals surface area (Å²) in [4.78, 5) is 0. The van der Waals surface area contributed by atoms with E-state index in [-0.39, 0.29) is 17.1 Å². The highest BCUT2D eigenvalue weighted by Gasteiger charge is 2.50. The summed E-state index contributed by atoms with van der Waals surface area (Å²) in [6.07, 6.45) is 11.6. The Hall–Kier alpha value is -2.20. The SMILES string of the molecule is C=CC(C=C)(CC/C=C/CO)CCCO[Si](c1ccccc1)(c1ccccc1)C(C)(C)C. The molecule has 32 heavy (non-hydrogen) atoms. The van der Waals surface area contributed by atoms with Gasteiger partial charge in [0.05, 0.1) is 6.61 Å². The van der Waals surface area contributed by atoms with Gasteiger partial charge in [-0.1, -0.05) is 106 Å². The van der Waals surface area contributed by atoms with E-state index in [1.54, 1.807) is 6.08 Å². The molecule has 0 atom stereocenters. The van der Waals surface area contributed by atoms with Crippen molar-refractivity contribution in [3.8, 4) is 0 Å². The van der Waals surface area contributed by atoms with Crippen LogP contribution in [0.1, 0.15) is 46.5 Å². The Bertz CT molecular complexity index is 802. The summed E-state index contributed by atoms with van der Waals surface area (Å²) < 4.78 is 7.02. The number of aliphatic hydroxyl groups excluding tert-OH is 1. The van der Waals surface area contributed by atoms with Gasteiger partial charge in [-0.25, -0.2) is 0 Å². The van der Waals surface area contributed by atoms with E-state index in [9.17, 15) is 0 Å². The second kappa shape index (κ2) is 12.1. The van der Waals surface area contributed by atoms with Gasteiger partial charge in [0, 0.05) is 12.0 Å². The smallest absolute Gasteiger partial charge is 0.261 e. The number of rotatable bonds is 13. The molecule has 2 aromatic rings. The maximum Gasteiger partial charge on any atom is 0.261 e. The lowest BCUT2D eigenvalue weighted by atomic mass is 9.79. The molecule has 0 aromatic heterocycles. The molecule has 0 saturated heterocycles. The van der Waals surface area contributed by atoms with Crippen LogP contribution in [0.25, 0.3) is 0 Å². The summed E-state index contributed by atoms with van der Waals surface area (Å²) in [5, 5.41) is 11.6. The average molecular weight is 449 g/mol. The van der Waals surface area contributed by atoms with Crippen molar-refractivity contribution in [2.24, 2.45) is 5.41 Å². The molecule has 0 heterocycles. The monoisotopic (exact) mass is 448 g/mol. The van der Waals surface area contributed by atoms with E-state index in [2.05, 4.69) is 94.6 Å². The largest absolute Gasteiger partial charge is 0.407 e. The van der Waals surface area contributed by atoms with Crippen LogP contribution < -0.4 is 10.4 Å². The van der Waals surface area contributed by atoms with E-state index < -0.39 is 8.32 Å². The van der Waals surface area contributed by atoms with Crippen LogP contribution in [0.4, 0.5) is 0 Å². The maximum absolute atomic E-state index is 8.97. The molecule has 2 rings (SSSR count). The third kappa shape index (κ3) is 6.19. The van der Waals surface area contributed by atoms with Crippen molar-refractivity contribution in [3.05, 3.63) is 98.1 Å². The van der Waals surface area contributed by atoms with Gasteiger partial charge in [-0.3, -0.25) is 0 Å². The molecule has 0 aliphatic heterocycles. The van der Waals surface area contributed by atoms with Crippen LogP contribution in [0, 0.1) is 5.41 Å². The van der Waals surface area contributed by atoms with Crippen LogP contribution in [-0.2, 0) is 4.43 Å². The molecule has 0 radical (unpaired) electrons. The quantitative estimate of drug-likeness (QED) is 0.230. The fourth-order valence-corrected chi connectivity index (χ4v) is 9.16. The van der Waals surface area contributed by atoms with E-state index in [0.717, 1.165) is 25.7 Å². The molecule has 0 saturated carbocycles. The highest BCUT2D eigenvalue weighted by atomic mass is 28.4. The standard InChI is InChI=1S/C29H40O2Si/c1-6-29(7-2,22-15-10-16-24-30)23-17-25-31-32(28(3,4)5,26-18-11-8-12-19-26)27-20-13-9-14-21-27/h6-14,16,18-21,30H,1-2,15,17,22-25H2,3-5H3/b16-10+. The Kier molecular flexibility index (Phi) is 9.89. The summed E-state index contributed by atoms with van der Waals surface area (Å²) in [5.74, 6) is 0. The molecule has 3 heteroatoms. The number of aliphatic hydroxyl groups is 1. The molecule has 172 valence electrons. The van der Waals surface area contributed by atoms with Crippen LogP contribution in [0.15, 0.2) is 98.1 Å². The topological polar surface area (TPSA) is 29.5 Å². The van der Waals surface area contributed by atoms with Crippen molar-refractivity contribution >= 4 is 18.7 Å². The summed E-state index contributed by atoms with van der Waals surface area (Å²) in [6, 6.07) is 21.6. The molecule has 0 aliphatic carbocycles. The Balaban J connectivity index is 2.25. The minimum atomic E-state index is -2.49. The van der Waals surface area contributed by atoms with Crippen molar-refractivity contribution in [3.63, 3.8) is 0 Å². The first-order valence-corrected chi connectivity index (χ1v) is 13.5. The number of benzene rings is 2. The summed E-state index contributed by atoms with van der Waals surface area (Å²) in [5.41, 5.74) is -0.116. The van der Waals surface area contributed by atoms with Gasteiger partial charge in [-0.05, 0) is 41.1 Å². The van der Waals surface area contributed by atoms with Gasteiger partial charge in [-0.15, -0.1) is 13.2 Å². The fraction of sp³-hybridized carbons (Fsp3) is 0.379. The molecule has 0 amide bonds. The van der Waals surface area contributed by atoms with Crippen LogP contribution in [0.2, 0.25) is 5.04 Å². The number of hydrogen-bond acceptors (Lipinski definition) is 2. The Morgan fingerprint density at radius 2 is 1.38 bits per heavy atom. The van der Waals surface area contributed by atoms with Crippen molar-refractivity contribution < 1.29 is 9.53 Å². The molecule has 1 N–H and O–H groups in total. The second-order valence-electron chi connectivity index (χ2n) is 9.45. The van der Waals surface area contributed by atoms with E-state index in [1.807, 2.05) is 18.2 Å². The van der Waals surface area contributed by atoms with Gasteiger partial charge in [0.25, 0.3) is 8.32 Å². The first kappa shape index (κ1) is 26.1. The first-order valence-electron chi connectivity index (χ1n) is 11.6. The molecule has 0 fully saturated rings. The third-order valence-corrected chi connectivity index (χ3v) is 11.4. The lowest BCUT2D eigenvalue weighted by Gasteiger charge is -2.43. The van der Waals surface area contributed by atoms with E-state index in [0.29, 0.717) is 6.61 Å². The van der Waals surface area contributed by atoms with Gasteiger partial charge >= 0.3 is 0 Å². The summed E-state index contributed by atoms with van der Waals surface area (Å²) in [7, 11) is -2.49. The van der Waals surface area contributed by atoms with Crippen molar-refractivity contribution in [1.29, 1.82) is 0 Å². The molecular formula is C29H40O2Si. The van der Waals surface area contributed by atoms with Crippen LogP contribution >= 0.6 is 0 Å². The van der Waals surface area contributed by atoms with Crippen molar-refractivity contribution in [2.45, 2.75) is 51.5 Å². The number of allylic oxidation sites excluding steroid dienone is 3. The van der Waals surface area contributed by atoms with Crippen LogP contribution in [0.5, 0.6) is 0 Å². The van der Waals surface area contributed by atoms with E-state index >= 15 is 0 Å². The van der Waals surface area contributed by atoms with E-state index in [1.165, 1.54) is 10.4 Å².